The van der Waals surface area contributed by atoms with Crippen LogP contribution in [0.3, 0.4) is 0 Å². The van der Waals surface area contributed by atoms with E-state index in [2.05, 4.69) is 38.3 Å². The number of Topliss-reactive ketones (excluding diaryl/α,β-unsaturated/α-hetero) is 1. The lowest BCUT2D eigenvalue weighted by Crippen LogP contribution is -2.26. The molecule has 0 aliphatic heterocycles. The Morgan fingerprint density at radius 3 is 2.96 bits per heavy atom. The summed E-state index contributed by atoms with van der Waals surface area (Å²) in [6.45, 7) is 5.35. The SMILES string of the molecule is CCCn1cc2c(C3C(=O)Cc4ccc(Br)cc43)nc(NC[C@@H](C)N)nc2n1. The van der Waals surface area contributed by atoms with Crippen molar-refractivity contribution in [1.82, 2.24) is 19.7 Å². The Balaban J connectivity index is 1.87. The maximum absolute atomic E-state index is 13.0. The summed E-state index contributed by atoms with van der Waals surface area (Å²) >= 11 is 3.53. The number of aromatic nitrogens is 4. The number of nitrogens with two attached hydrogens (primary N) is 1. The second kappa shape index (κ2) is 7.60. The summed E-state index contributed by atoms with van der Waals surface area (Å²) in [5.41, 5.74) is 9.22. The lowest BCUT2D eigenvalue weighted by molar-refractivity contribution is -0.118. The summed E-state index contributed by atoms with van der Waals surface area (Å²) in [7, 11) is 0. The second-order valence-corrected chi connectivity index (χ2v) is 8.26. The topological polar surface area (TPSA) is 98.7 Å². The summed E-state index contributed by atoms with van der Waals surface area (Å²) in [4.78, 5) is 22.2. The van der Waals surface area contributed by atoms with Crippen molar-refractivity contribution in [3.8, 4) is 0 Å². The highest BCUT2D eigenvalue weighted by Gasteiger charge is 2.35. The van der Waals surface area contributed by atoms with Crippen LogP contribution in [0.25, 0.3) is 11.0 Å². The van der Waals surface area contributed by atoms with Gasteiger partial charge in [0.25, 0.3) is 0 Å². The number of benzene rings is 1. The zero-order valence-electron chi connectivity index (χ0n) is 15.9. The van der Waals surface area contributed by atoms with Crippen LogP contribution >= 0.6 is 15.9 Å². The summed E-state index contributed by atoms with van der Waals surface area (Å²) in [6, 6.07) is 5.96. The number of nitrogens with zero attached hydrogens (tertiary/aromatic N) is 4. The van der Waals surface area contributed by atoms with Crippen molar-refractivity contribution in [1.29, 1.82) is 0 Å². The number of fused-ring (bicyclic) bond motifs is 2. The van der Waals surface area contributed by atoms with E-state index in [0.717, 1.165) is 34.0 Å². The van der Waals surface area contributed by atoms with Gasteiger partial charge < -0.3 is 11.1 Å². The molecule has 4 rings (SSSR count). The number of hydrogen-bond donors (Lipinski definition) is 2. The van der Waals surface area contributed by atoms with Crippen LogP contribution in [0.5, 0.6) is 0 Å². The maximum atomic E-state index is 13.0. The number of halogens is 1. The molecule has 3 aromatic rings. The fraction of sp³-hybridized carbons (Fsp3) is 0.400. The summed E-state index contributed by atoms with van der Waals surface area (Å²) < 4.78 is 2.83. The normalized spacial score (nSPS) is 17.1. The molecule has 0 radical (unpaired) electrons. The van der Waals surface area contributed by atoms with Gasteiger partial charge in [0.15, 0.2) is 11.4 Å². The fourth-order valence-corrected chi connectivity index (χ4v) is 4.01. The van der Waals surface area contributed by atoms with E-state index in [-0.39, 0.29) is 11.8 Å². The van der Waals surface area contributed by atoms with E-state index in [0.29, 0.717) is 30.3 Å². The summed E-state index contributed by atoms with van der Waals surface area (Å²) in [5.74, 6) is 0.195. The molecule has 0 fully saturated rings. The van der Waals surface area contributed by atoms with Crippen LogP contribution in [0.2, 0.25) is 0 Å². The zero-order valence-corrected chi connectivity index (χ0v) is 17.5. The van der Waals surface area contributed by atoms with Gasteiger partial charge in [0.05, 0.1) is 17.0 Å². The Hall–Kier alpha value is -2.32. The van der Waals surface area contributed by atoms with Crippen LogP contribution < -0.4 is 11.1 Å². The molecule has 2 aromatic heterocycles. The number of anilines is 1. The van der Waals surface area contributed by atoms with Crippen LogP contribution in [-0.4, -0.2) is 38.1 Å². The standard InChI is InChI=1S/C20H23BrN6O/c1-3-6-27-10-15-18(24-20(23-9-11(2)22)25-19(15)26-27)17-14-8-13(21)5-4-12(14)7-16(17)28/h4-5,8,10-11,17H,3,6-7,9,22H2,1-2H3,(H,23,25,26)/t11-,17?/m1/s1. The number of carbonyl (C=O) groups excluding carboxylic acids is 1. The minimum Gasteiger partial charge on any atom is -0.353 e. The van der Waals surface area contributed by atoms with Crippen molar-refractivity contribution < 1.29 is 4.79 Å². The summed E-state index contributed by atoms with van der Waals surface area (Å²) in [5, 5.41) is 8.59. The van der Waals surface area contributed by atoms with Gasteiger partial charge in [-0.15, -0.1) is 0 Å². The first-order valence-electron chi connectivity index (χ1n) is 9.52. The molecule has 0 saturated heterocycles. The number of carbonyl (C=O) groups is 1. The van der Waals surface area contributed by atoms with E-state index >= 15 is 0 Å². The monoisotopic (exact) mass is 442 g/mol. The summed E-state index contributed by atoms with van der Waals surface area (Å²) in [6.07, 6.45) is 3.34. The van der Waals surface area contributed by atoms with E-state index in [4.69, 9.17) is 10.7 Å². The van der Waals surface area contributed by atoms with E-state index < -0.39 is 5.92 Å². The zero-order chi connectivity index (χ0) is 19.8. The molecule has 2 atom stereocenters. The van der Waals surface area contributed by atoms with E-state index in [1.54, 1.807) is 0 Å². The molecule has 7 nitrogen and oxygen atoms in total. The first-order chi connectivity index (χ1) is 13.5. The quantitative estimate of drug-likeness (QED) is 0.608. The van der Waals surface area contributed by atoms with Gasteiger partial charge in [-0.1, -0.05) is 28.9 Å². The van der Waals surface area contributed by atoms with Gasteiger partial charge in [-0.2, -0.15) is 10.1 Å². The Kier molecular flexibility index (Phi) is 5.16. The van der Waals surface area contributed by atoms with Gasteiger partial charge in [0.1, 0.15) is 0 Å². The molecule has 1 aromatic carbocycles. The number of ketones is 1. The van der Waals surface area contributed by atoms with Crippen molar-refractivity contribution in [2.24, 2.45) is 5.73 Å². The molecule has 146 valence electrons. The van der Waals surface area contributed by atoms with Crippen LogP contribution in [0, 0.1) is 0 Å². The smallest absolute Gasteiger partial charge is 0.225 e. The highest BCUT2D eigenvalue weighted by atomic mass is 79.9. The Labute approximate surface area is 171 Å². The Morgan fingerprint density at radius 2 is 2.21 bits per heavy atom. The molecule has 28 heavy (non-hydrogen) atoms. The Morgan fingerprint density at radius 1 is 1.39 bits per heavy atom. The minimum atomic E-state index is -0.409. The third kappa shape index (κ3) is 3.54. The molecule has 0 amide bonds. The highest BCUT2D eigenvalue weighted by Crippen LogP contribution is 2.39. The van der Waals surface area contributed by atoms with Crippen LogP contribution in [0.4, 0.5) is 5.95 Å². The van der Waals surface area contributed by atoms with Gasteiger partial charge in [-0.05, 0) is 36.6 Å². The molecule has 0 saturated carbocycles. The maximum Gasteiger partial charge on any atom is 0.225 e. The molecule has 1 aliphatic carbocycles. The minimum absolute atomic E-state index is 0.0369. The van der Waals surface area contributed by atoms with Crippen LogP contribution in [0.1, 0.15) is 43.0 Å². The lowest BCUT2D eigenvalue weighted by Gasteiger charge is -2.14. The predicted molar refractivity (Wildman–Crippen MR) is 112 cm³/mol. The second-order valence-electron chi connectivity index (χ2n) is 7.34. The van der Waals surface area contributed by atoms with E-state index in [1.165, 1.54) is 0 Å². The number of hydrogen-bond acceptors (Lipinski definition) is 6. The molecular weight excluding hydrogens is 420 g/mol. The molecule has 8 heteroatoms. The average molecular weight is 443 g/mol. The van der Waals surface area contributed by atoms with Gasteiger partial charge in [-0.25, -0.2) is 4.98 Å². The molecule has 2 heterocycles. The molecule has 0 bridgehead atoms. The third-order valence-electron chi connectivity index (χ3n) is 4.87. The number of nitrogens with one attached hydrogen (secondary N) is 1. The average Bonchev–Trinajstić information content (AvgIpc) is 3.19. The van der Waals surface area contributed by atoms with Crippen molar-refractivity contribution in [3.63, 3.8) is 0 Å². The van der Waals surface area contributed by atoms with Gasteiger partial charge >= 0.3 is 0 Å². The van der Waals surface area contributed by atoms with Crippen molar-refractivity contribution in [2.45, 2.75) is 45.2 Å². The van der Waals surface area contributed by atoms with E-state index in [9.17, 15) is 4.79 Å². The van der Waals surface area contributed by atoms with Crippen LogP contribution in [-0.2, 0) is 17.8 Å². The lowest BCUT2D eigenvalue weighted by atomic mass is 9.95. The predicted octanol–water partition coefficient (Wildman–Crippen LogP) is 3.02. The first-order valence-corrected chi connectivity index (χ1v) is 10.3. The third-order valence-corrected chi connectivity index (χ3v) is 5.36. The Bertz CT molecular complexity index is 1040. The van der Waals surface area contributed by atoms with Crippen LogP contribution in [0.15, 0.2) is 28.9 Å². The number of rotatable bonds is 6. The first kappa shape index (κ1) is 19.0. The molecule has 1 aliphatic rings. The fourth-order valence-electron chi connectivity index (χ4n) is 3.63. The largest absolute Gasteiger partial charge is 0.353 e. The van der Waals surface area contributed by atoms with Gasteiger partial charge in [-0.3, -0.25) is 9.48 Å². The molecular formula is C20H23BrN6O. The van der Waals surface area contributed by atoms with E-state index in [1.807, 2.05) is 36.0 Å². The number of aryl methyl sites for hydroxylation is 1. The van der Waals surface area contributed by atoms with Crippen molar-refractivity contribution in [2.75, 3.05) is 11.9 Å². The van der Waals surface area contributed by atoms with Crippen molar-refractivity contribution >= 4 is 38.7 Å². The van der Waals surface area contributed by atoms with Gasteiger partial charge in [0, 0.05) is 36.2 Å². The molecule has 1 unspecified atom stereocenters. The molecule has 3 N–H and O–H groups in total. The highest BCUT2D eigenvalue weighted by molar-refractivity contribution is 9.10. The molecule has 0 spiro atoms. The van der Waals surface area contributed by atoms with Gasteiger partial charge in [0.2, 0.25) is 5.95 Å². The van der Waals surface area contributed by atoms with Crippen molar-refractivity contribution in [3.05, 3.63) is 45.7 Å².